The second-order valence-corrected chi connectivity index (χ2v) is 15.7. The van der Waals surface area contributed by atoms with Gasteiger partial charge in [0.05, 0.1) is 43.1 Å². The van der Waals surface area contributed by atoms with Crippen molar-refractivity contribution in [3.8, 4) is 17.6 Å². The summed E-state index contributed by atoms with van der Waals surface area (Å²) < 4.78 is 22.0. The number of aryl methyl sites for hydroxylation is 2. The number of methoxy groups -OCH3 is 2. The molecule has 2 atom stereocenters. The van der Waals surface area contributed by atoms with Gasteiger partial charge >= 0.3 is 0 Å². The van der Waals surface area contributed by atoms with Gasteiger partial charge in [-0.3, -0.25) is 29.0 Å². The van der Waals surface area contributed by atoms with Crippen LogP contribution < -0.4 is 31.0 Å². The molecule has 0 spiro atoms. The van der Waals surface area contributed by atoms with Crippen LogP contribution in [0.15, 0.2) is 115 Å². The summed E-state index contributed by atoms with van der Waals surface area (Å²) >= 11 is 0. The van der Waals surface area contributed by atoms with E-state index in [2.05, 4.69) is 20.4 Å². The van der Waals surface area contributed by atoms with Crippen LogP contribution in [-0.2, 0) is 0 Å². The normalized spacial score (nSPS) is 14.2. The van der Waals surface area contributed by atoms with Gasteiger partial charge in [-0.1, -0.05) is 36.4 Å². The molecule has 4 heterocycles. The van der Waals surface area contributed by atoms with E-state index >= 15 is 0 Å². The van der Waals surface area contributed by atoms with Crippen LogP contribution in [0, 0.1) is 25.2 Å². The number of carbonyl (C=O) groups is 2. The lowest BCUT2D eigenvalue weighted by Gasteiger charge is -2.28. The third-order valence-corrected chi connectivity index (χ3v) is 11.3. The van der Waals surface area contributed by atoms with Crippen LogP contribution in [0.4, 0.5) is 0 Å². The van der Waals surface area contributed by atoms with Crippen LogP contribution in [0.25, 0.3) is 21.9 Å². The molecule has 0 radical (unpaired) electrons. The van der Waals surface area contributed by atoms with E-state index in [4.69, 9.17) is 23.6 Å². The number of carbonyl (C=O) groups excluding carboxylic acids is 2. The maximum absolute atomic E-state index is 12.8. The average molecular weight is 927 g/mol. The number of nitriles is 1. The van der Waals surface area contributed by atoms with Gasteiger partial charge in [0.25, 0.3) is 11.8 Å². The summed E-state index contributed by atoms with van der Waals surface area (Å²) in [4.78, 5) is 55.1. The maximum atomic E-state index is 12.8. The number of rotatable bonds is 12. The highest BCUT2D eigenvalue weighted by atomic mass is 35.5. The van der Waals surface area contributed by atoms with Crippen molar-refractivity contribution in [2.75, 3.05) is 53.5 Å². The van der Waals surface area contributed by atoms with Crippen molar-refractivity contribution in [3.63, 3.8) is 0 Å². The minimum Gasteiger partial charge on any atom is -0.497 e. The molecule has 2 aliphatic rings. The molecule has 65 heavy (non-hydrogen) atoms. The highest BCUT2D eigenvalue weighted by Crippen LogP contribution is 2.28. The molecule has 15 heteroatoms. The van der Waals surface area contributed by atoms with E-state index in [-0.39, 0.29) is 71.1 Å². The molecule has 2 unspecified atom stereocenters. The standard InChI is InChI=1S/2C24H26N2O4.C2H3N.2ClH/c2*1-16-5-10-19-21(27)14-23(30-22(19)13-16)24(28)25-15-20(26-11-3-4-12-26)17-6-8-18(29-2)9-7-17;1-2-3;;/h2*5-10,13-14,20H,3-4,11-12,15H2,1-2H3,(H,25,28);1H3;2*1H. The van der Waals surface area contributed by atoms with Crippen LogP contribution in [0.3, 0.4) is 0 Å². The number of likely N-dealkylation sites (tertiary alicyclic amines) is 2. The second kappa shape index (κ2) is 24.8. The number of hydrogen-bond donors (Lipinski definition) is 2. The smallest absolute Gasteiger partial charge is 0.287 e. The first-order chi connectivity index (χ1) is 30.5. The predicted molar refractivity (Wildman–Crippen MR) is 258 cm³/mol. The molecular weight excluding hydrogens is 869 g/mol. The summed E-state index contributed by atoms with van der Waals surface area (Å²) in [6.45, 7) is 10.1. The Hall–Kier alpha value is -6.17. The molecule has 0 saturated carbocycles. The van der Waals surface area contributed by atoms with Gasteiger partial charge in [0, 0.05) is 32.1 Å². The van der Waals surface area contributed by atoms with Crippen molar-refractivity contribution in [1.29, 1.82) is 5.26 Å². The molecule has 13 nitrogen and oxygen atoms in total. The van der Waals surface area contributed by atoms with Gasteiger partial charge in [0.15, 0.2) is 22.4 Å². The fourth-order valence-electron chi connectivity index (χ4n) is 7.98. The van der Waals surface area contributed by atoms with Crippen molar-refractivity contribution in [2.24, 2.45) is 0 Å². The molecule has 2 amide bonds. The van der Waals surface area contributed by atoms with Crippen molar-refractivity contribution in [3.05, 3.63) is 151 Å². The molecule has 4 aromatic carbocycles. The summed E-state index contributed by atoms with van der Waals surface area (Å²) in [5, 5.41) is 14.2. The molecule has 2 fully saturated rings. The van der Waals surface area contributed by atoms with Crippen molar-refractivity contribution < 1.29 is 27.9 Å². The first-order valence-corrected chi connectivity index (χ1v) is 21.2. The predicted octanol–water partition coefficient (Wildman–Crippen LogP) is 8.73. The lowest BCUT2D eigenvalue weighted by Crippen LogP contribution is -2.37. The van der Waals surface area contributed by atoms with Gasteiger partial charge < -0.3 is 28.9 Å². The van der Waals surface area contributed by atoms with Gasteiger partial charge in [-0.05, 0) is 136 Å². The molecule has 2 saturated heterocycles. The summed E-state index contributed by atoms with van der Waals surface area (Å²) in [6.07, 6.45) is 4.61. The summed E-state index contributed by atoms with van der Waals surface area (Å²) in [5.41, 5.74) is 4.61. The molecule has 344 valence electrons. The SMILES string of the molecule is CC#N.COc1ccc(C(CNC(=O)c2cc(=O)c3ccc(C)cc3o2)N2CCCC2)cc1.COc1ccc(C(CNC(=O)c2cc(=O)c3ccc(C)cc3o2)N2CCCC2)cc1.Cl.Cl. The highest BCUT2D eigenvalue weighted by molar-refractivity contribution is 5.94. The van der Waals surface area contributed by atoms with Gasteiger partial charge in [0.1, 0.15) is 22.7 Å². The molecule has 2 aliphatic heterocycles. The van der Waals surface area contributed by atoms with E-state index in [0.29, 0.717) is 35.0 Å². The minimum atomic E-state index is -0.381. The fourth-order valence-corrected chi connectivity index (χ4v) is 7.98. The molecular formula is C50H57Cl2N5O8. The van der Waals surface area contributed by atoms with E-state index in [9.17, 15) is 19.2 Å². The summed E-state index contributed by atoms with van der Waals surface area (Å²) in [5.74, 6) is 0.912. The largest absolute Gasteiger partial charge is 0.497 e. The zero-order chi connectivity index (χ0) is 44.9. The quantitative estimate of drug-likeness (QED) is 0.121. The Morgan fingerprint density at radius 1 is 0.615 bits per heavy atom. The molecule has 2 aromatic heterocycles. The van der Waals surface area contributed by atoms with Crippen molar-refractivity contribution in [1.82, 2.24) is 20.4 Å². The van der Waals surface area contributed by atoms with Crippen LogP contribution in [0.2, 0.25) is 0 Å². The molecule has 6 aromatic rings. The Labute approximate surface area is 391 Å². The molecule has 2 N–H and O–H groups in total. The Morgan fingerprint density at radius 3 is 1.28 bits per heavy atom. The number of ether oxygens (including phenoxy) is 2. The van der Waals surface area contributed by atoms with Crippen molar-refractivity contribution >= 4 is 58.6 Å². The molecule has 8 rings (SSSR count). The van der Waals surface area contributed by atoms with E-state index in [1.54, 1.807) is 44.6 Å². The van der Waals surface area contributed by atoms with Gasteiger partial charge in [0.2, 0.25) is 0 Å². The third kappa shape index (κ3) is 13.4. The average Bonchev–Trinajstić information content (AvgIpc) is 4.03. The van der Waals surface area contributed by atoms with E-state index in [1.807, 2.05) is 74.5 Å². The minimum absolute atomic E-state index is 0. The first-order valence-electron chi connectivity index (χ1n) is 21.2. The number of amides is 2. The van der Waals surface area contributed by atoms with E-state index in [0.717, 1.165) is 85.6 Å². The van der Waals surface area contributed by atoms with E-state index in [1.165, 1.54) is 19.1 Å². The number of fused-ring (bicyclic) bond motifs is 2. The van der Waals surface area contributed by atoms with Crippen LogP contribution in [-0.4, -0.2) is 75.1 Å². The summed E-state index contributed by atoms with van der Waals surface area (Å²) in [6, 6.07) is 31.0. The zero-order valence-corrected chi connectivity index (χ0v) is 39.0. The Kier molecular flexibility index (Phi) is 19.6. The maximum Gasteiger partial charge on any atom is 0.287 e. The zero-order valence-electron chi connectivity index (χ0n) is 37.4. The summed E-state index contributed by atoms with van der Waals surface area (Å²) in [7, 11) is 3.29. The Morgan fingerprint density at radius 2 is 0.954 bits per heavy atom. The number of halogens is 2. The first kappa shape index (κ1) is 51.5. The number of benzene rings is 4. The molecule has 0 bridgehead atoms. The van der Waals surface area contributed by atoms with Gasteiger partial charge in [-0.25, -0.2) is 0 Å². The van der Waals surface area contributed by atoms with Gasteiger partial charge in [-0.2, -0.15) is 5.26 Å². The number of nitrogens with zero attached hydrogens (tertiary/aromatic N) is 3. The van der Waals surface area contributed by atoms with Gasteiger partial charge in [-0.15, -0.1) is 24.8 Å². The lowest BCUT2D eigenvalue weighted by atomic mass is 10.1. The number of hydrogen-bond acceptors (Lipinski definition) is 11. The van der Waals surface area contributed by atoms with Crippen LogP contribution in [0.5, 0.6) is 11.5 Å². The second-order valence-electron chi connectivity index (χ2n) is 15.7. The monoisotopic (exact) mass is 925 g/mol. The van der Waals surface area contributed by atoms with Crippen LogP contribution in [0.1, 0.15) is 88.1 Å². The van der Waals surface area contributed by atoms with Crippen LogP contribution >= 0.6 is 24.8 Å². The fraction of sp³-hybridized carbons (Fsp3) is 0.340. The number of nitrogens with one attached hydrogen (secondary N) is 2. The topological polar surface area (TPSA) is 167 Å². The Balaban J connectivity index is 0.000000261. The van der Waals surface area contributed by atoms with Crippen molar-refractivity contribution in [2.45, 2.75) is 58.5 Å². The van der Waals surface area contributed by atoms with E-state index < -0.39 is 0 Å². The lowest BCUT2D eigenvalue weighted by molar-refractivity contribution is 0.0903. The highest BCUT2D eigenvalue weighted by Gasteiger charge is 2.26. The third-order valence-electron chi connectivity index (χ3n) is 11.3. The Bertz CT molecular complexity index is 2490. The molecule has 0 aliphatic carbocycles.